The average molecular weight is 466 g/mol. The highest BCUT2D eigenvalue weighted by atomic mass is 32.1. The lowest BCUT2D eigenvalue weighted by Gasteiger charge is -2.34. The molecule has 4 rings (SSSR count). The van der Waals surface area contributed by atoms with Crippen LogP contribution in [0.5, 0.6) is 0 Å². The number of amides is 2. The maximum absolute atomic E-state index is 12.8. The highest BCUT2D eigenvalue weighted by Gasteiger charge is 2.21. The molecule has 0 atom stereocenters. The summed E-state index contributed by atoms with van der Waals surface area (Å²) in [4.78, 5) is 48.1. The molecule has 2 N–H and O–H groups in total. The minimum atomic E-state index is -1.21. The standard InChI is InChI=1S/C23H23N5O4S/c1-15(29)28-12-10-27(11-13-28)14-16-2-4-17(5-3-16)20(30)26-22-19(23(31)32)25-21(33-22)18-6-8-24-9-7-18/h2-9H,10-14H2,1H3,(H,26,30)(H,31,32). The summed E-state index contributed by atoms with van der Waals surface area (Å²) in [6.07, 6.45) is 3.19. The molecule has 0 aliphatic carbocycles. The van der Waals surface area contributed by atoms with Crippen LogP contribution >= 0.6 is 11.3 Å². The topological polar surface area (TPSA) is 116 Å². The van der Waals surface area contributed by atoms with Crippen LogP contribution in [0, 0.1) is 0 Å². The van der Waals surface area contributed by atoms with E-state index in [1.165, 1.54) is 0 Å². The fraction of sp³-hybridized carbons (Fsp3) is 0.261. The number of thiazole rings is 1. The Morgan fingerprint density at radius 2 is 1.70 bits per heavy atom. The molecule has 0 radical (unpaired) electrons. The molecular formula is C23H23N5O4S. The van der Waals surface area contributed by atoms with E-state index in [4.69, 9.17) is 0 Å². The van der Waals surface area contributed by atoms with Crippen molar-refractivity contribution >= 4 is 34.1 Å². The van der Waals surface area contributed by atoms with E-state index >= 15 is 0 Å². The average Bonchev–Trinajstić information content (AvgIpc) is 3.24. The maximum atomic E-state index is 12.8. The van der Waals surface area contributed by atoms with Gasteiger partial charge in [0.05, 0.1) is 0 Å². The normalized spacial score (nSPS) is 14.2. The van der Waals surface area contributed by atoms with Crippen molar-refractivity contribution in [2.75, 3.05) is 31.5 Å². The van der Waals surface area contributed by atoms with E-state index in [0.717, 1.165) is 55.2 Å². The largest absolute Gasteiger partial charge is 0.476 e. The van der Waals surface area contributed by atoms with Gasteiger partial charge in [0.25, 0.3) is 5.91 Å². The summed E-state index contributed by atoms with van der Waals surface area (Å²) in [5.74, 6) is -1.50. The summed E-state index contributed by atoms with van der Waals surface area (Å²) in [5, 5.41) is 12.9. The van der Waals surface area contributed by atoms with Crippen LogP contribution in [-0.2, 0) is 11.3 Å². The predicted molar refractivity (Wildman–Crippen MR) is 124 cm³/mol. The predicted octanol–water partition coefficient (Wildman–Crippen LogP) is 2.82. The molecule has 170 valence electrons. The van der Waals surface area contributed by atoms with Crippen molar-refractivity contribution in [1.82, 2.24) is 19.8 Å². The van der Waals surface area contributed by atoms with Crippen molar-refractivity contribution in [3.8, 4) is 10.6 Å². The minimum absolute atomic E-state index is 0.102. The molecule has 1 aromatic carbocycles. The smallest absolute Gasteiger partial charge is 0.357 e. The fourth-order valence-electron chi connectivity index (χ4n) is 3.58. The zero-order valence-electron chi connectivity index (χ0n) is 18.0. The lowest BCUT2D eigenvalue weighted by molar-refractivity contribution is -0.130. The summed E-state index contributed by atoms with van der Waals surface area (Å²) in [5.41, 5.74) is 2.02. The van der Waals surface area contributed by atoms with Crippen LogP contribution in [0.2, 0.25) is 0 Å². The van der Waals surface area contributed by atoms with Gasteiger partial charge in [0.2, 0.25) is 5.91 Å². The first kappa shape index (κ1) is 22.6. The van der Waals surface area contributed by atoms with Gasteiger partial charge in [0.1, 0.15) is 10.0 Å². The Morgan fingerprint density at radius 3 is 2.30 bits per heavy atom. The number of carbonyl (C=O) groups is 3. The molecule has 1 aliphatic heterocycles. The van der Waals surface area contributed by atoms with Crippen LogP contribution < -0.4 is 5.32 Å². The number of aromatic nitrogens is 2. The van der Waals surface area contributed by atoms with Gasteiger partial charge in [-0.1, -0.05) is 23.5 Å². The molecule has 2 aromatic heterocycles. The zero-order chi connectivity index (χ0) is 23.4. The van der Waals surface area contributed by atoms with Crippen LogP contribution in [0.3, 0.4) is 0 Å². The van der Waals surface area contributed by atoms with Crippen molar-refractivity contribution in [3.63, 3.8) is 0 Å². The lowest BCUT2D eigenvalue weighted by atomic mass is 10.1. The molecule has 1 aliphatic rings. The van der Waals surface area contributed by atoms with Gasteiger partial charge in [-0.05, 0) is 29.8 Å². The Bertz CT molecular complexity index is 1160. The highest BCUT2D eigenvalue weighted by Crippen LogP contribution is 2.32. The fourth-order valence-corrected chi connectivity index (χ4v) is 4.54. The van der Waals surface area contributed by atoms with Gasteiger partial charge in [-0.25, -0.2) is 9.78 Å². The first-order valence-electron chi connectivity index (χ1n) is 10.4. The number of carboxylic acid groups (broad SMARTS) is 1. The number of aromatic carboxylic acids is 1. The molecule has 10 heteroatoms. The molecule has 0 bridgehead atoms. The summed E-state index contributed by atoms with van der Waals surface area (Å²) in [6, 6.07) is 10.7. The number of rotatable bonds is 6. The van der Waals surface area contributed by atoms with Gasteiger partial charge in [0.15, 0.2) is 5.69 Å². The first-order valence-corrected chi connectivity index (χ1v) is 11.2. The van der Waals surface area contributed by atoms with Crippen LogP contribution in [0.15, 0.2) is 48.8 Å². The molecule has 0 saturated carbocycles. The van der Waals surface area contributed by atoms with E-state index in [2.05, 4.69) is 20.2 Å². The minimum Gasteiger partial charge on any atom is -0.476 e. The number of hydrogen-bond donors (Lipinski definition) is 2. The van der Waals surface area contributed by atoms with Crippen LogP contribution in [-0.4, -0.2) is 68.8 Å². The van der Waals surface area contributed by atoms with Crippen molar-refractivity contribution in [3.05, 3.63) is 65.6 Å². The molecule has 0 spiro atoms. The van der Waals surface area contributed by atoms with Gasteiger partial charge in [-0.15, -0.1) is 0 Å². The number of benzene rings is 1. The lowest BCUT2D eigenvalue weighted by Crippen LogP contribution is -2.47. The Morgan fingerprint density at radius 1 is 1.03 bits per heavy atom. The second kappa shape index (κ2) is 9.88. The molecule has 1 saturated heterocycles. The summed E-state index contributed by atoms with van der Waals surface area (Å²) < 4.78 is 0. The first-order chi connectivity index (χ1) is 15.9. The number of carbonyl (C=O) groups excluding carboxylic acids is 2. The molecule has 0 unspecified atom stereocenters. The summed E-state index contributed by atoms with van der Waals surface area (Å²) in [6.45, 7) is 5.39. The SMILES string of the molecule is CC(=O)N1CCN(Cc2ccc(C(=O)Nc3sc(-c4ccncc4)nc3C(=O)O)cc2)CC1. The van der Waals surface area contributed by atoms with Crippen LogP contribution in [0.1, 0.15) is 33.3 Å². The Kier molecular flexibility index (Phi) is 6.76. The molecule has 3 heterocycles. The van der Waals surface area contributed by atoms with E-state index < -0.39 is 11.9 Å². The summed E-state index contributed by atoms with van der Waals surface area (Å²) in [7, 11) is 0. The number of piperazine rings is 1. The van der Waals surface area contributed by atoms with Gasteiger partial charge in [0, 0.05) is 63.2 Å². The molecule has 2 amide bonds. The number of carboxylic acids is 1. The van der Waals surface area contributed by atoms with Crippen LogP contribution in [0.4, 0.5) is 5.00 Å². The third-order valence-corrected chi connectivity index (χ3v) is 6.44. The zero-order valence-corrected chi connectivity index (χ0v) is 18.8. The molecular weight excluding hydrogens is 442 g/mol. The monoisotopic (exact) mass is 465 g/mol. The van der Waals surface area contributed by atoms with Crippen molar-refractivity contribution in [1.29, 1.82) is 0 Å². The van der Waals surface area contributed by atoms with Crippen molar-refractivity contribution in [2.45, 2.75) is 13.5 Å². The van der Waals surface area contributed by atoms with E-state index in [1.807, 2.05) is 17.0 Å². The van der Waals surface area contributed by atoms with Gasteiger partial charge >= 0.3 is 5.97 Å². The molecule has 9 nitrogen and oxygen atoms in total. The van der Waals surface area contributed by atoms with E-state index in [9.17, 15) is 19.5 Å². The molecule has 1 fully saturated rings. The van der Waals surface area contributed by atoms with E-state index in [-0.39, 0.29) is 16.6 Å². The van der Waals surface area contributed by atoms with Gasteiger partial charge in [-0.2, -0.15) is 0 Å². The van der Waals surface area contributed by atoms with E-state index in [1.54, 1.807) is 43.6 Å². The quantitative estimate of drug-likeness (QED) is 0.575. The molecule has 3 aromatic rings. The number of nitrogens with zero attached hydrogens (tertiary/aromatic N) is 4. The van der Waals surface area contributed by atoms with Gasteiger partial charge in [-0.3, -0.25) is 19.5 Å². The molecule has 33 heavy (non-hydrogen) atoms. The Balaban J connectivity index is 1.41. The van der Waals surface area contributed by atoms with Crippen molar-refractivity contribution in [2.24, 2.45) is 0 Å². The summed E-state index contributed by atoms with van der Waals surface area (Å²) >= 11 is 1.11. The third-order valence-electron chi connectivity index (χ3n) is 5.42. The second-order valence-corrected chi connectivity index (χ2v) is 8.67. The Hall–Kier alpha value is -3.63. The maximum Gasteiger partial charge on any atom is 0.357 e. The Labute approximate surface area is 194 Å². The number of pyridine rings is 1. The highest BCUT2D eigenvalue weighted by molar-refractivity contribution is 7.19. The van der Waals surface area contributed by atoms with Crippen LogP contribution in [0.25, 0.3) is 10.6 Å². The number of hydrogen-bond acceptors (Lipinski definition) is 7. The van der Waals surface area contributed by atoms with E-state index in [0.29, 0.717) is 10.6 Å². The number of anilines is 1. The second-order valence-electron chi connectivity index (χ2n) is 7.67. The number of nitrogens with one attached hydrogen (secondary N) is 1. The van der Waals surface area contributed by atoms with Gasteiger partial charge < -0.3 is 15.3 Å². The van der Waals surface area contributed by atoms with Crippen molar-refractivity contribution < 1.29 is 19.5 Å². The third kappa shape index (κ3) is 5.41.